The van der Waals surface area contributed by atoms with E-state index in [1.165, 1.54) is 12.8 Å². The molecule has 0 aliphatic heterocycles. The topological polar surface area (TPSA) is 88.5 Å². The summed E-state index contributed by atoms with van der Waals surface area (Å²) in [6, 6.07) is 5.44. The second-order valence-corrected chi connectivity index (χ2v) is 5.31. The van der Waals surface area contributed by atoms with Crippen LogP contribution in [0.5, 0.6) is 0 Å². The summed E-state index contributed by atoms with van der Waals surface area (Å²) in [5, 5.41) is 9.78. The van der Waals surface area contributed by atoms with Crippen molar-refractivity contribution >= 4 is 11.6 Å². The Morgan fingerprint density at radius 3 is 2.95 bits per heavy atom. The number of imidazole rings is 1. The third kappa shape index (κ3) is 2.48. The first kappa shape index (κ1) is 12.8. The Labute approximate surface area is 126 Å². The third-order valence-corrected chi connectivity index (χ3v) is 3.62. The minimum absolute atomic E-state index is 0.236. The van der Waals surface area contributed by atoms with E-state index in [4.69, 9.17) is 0 Å². The van der Waals surface area contributed by atoms with Crippen molar-refractivity contribution < 1.29 is 4.79 Å². The van der Waals surface area contributed by atoms with Crippen LogP contribution in [0.25, 0.3) is 5.82 Å². The van der Waals surface area contributed by atoms with Crippen molar-refractivity contribution in [3.05, 3.63) is 54.5 Å². The minimum atomic E-state index is -0.236. The zero-order valence-corrected chi connectivity index (χ0v) is 11.7. The number of hydrogen-bond donors (Lipinski definition) is 2. The zero-order valence-electron chi connectivity index (χ0n) is 11.7. The fraction of sp³-hybridized carbons (Fsp3) is 0.200. The van der Waals surface area contributed by atoms with E-state index in [9.17, 15) is 4.79 Å². The van der Waals surface area contributed by atoms with Crippen LogP contribution < -0.4 is 5.32 Å². The van der Waals surface area contributed by atoms with Gasteiger partial charge in [-0.2, -0.15) is 5.10 Å². The molecule has 1 amide bonds. The summed E-state index contributed by atoms with van der Waals surface area (Å²) in [5.74, 6) is 1.05. The van der Waals surface area contributed by atoms with Gasteiger partial charge in [0.05, 0.1) is 11.9 Å². The molecule has 0 unspecified atom stereocenters. The second kappa shape index (κ2) is 5.10. The number of hydrogen-bond acceptors (Lipinski definition) is 4. The molecule has 22 heavy (non-hydrogen) atoms. The summed E-state index contributed by atoms with van der Waals surface area (Å²) in [5.41, 5.74) is 2.07. The van der Waals surface area contributed by atoms with Gasteiger partial charge in [-0.05, 0) is 31.0 Å². The molecule has 0 atom stereocenters. The van der Waals surface area contributed by atoms with Gasteiger partial charge in [-0.1, -0.05) is 0 Å². The number of pyridine rings is 1. The van der Waals surface area contributed by atoms with Crippen LogP contribution in [0, 0.1) is 0 Å². The molecule has 0 bridgehead atoms. The van der Waals surface area contributed by atoms with E-state index in [-0.39, 0.29) is 5.91 Å². The number of amides is 1. The quantitative estimate of drug-likeness (QED) is 0.771. The molecule has 1 fully saturated rings. The number of nitrogens with zero attached hydrogens (tertiary/aromatic N) is 4. The third-order valence-electron chi connectivity index (χ3n) is 3.62. The Balaban J connectivity index is 1.46. The summed E-state index contributed by atoms with van der Waals surface area (Å²) in [4.78, 5) is 20.4. The molecule has 3 aromatic rings. The number of aromatic amines is 1. The van der Waals surface area contributed by atoms with Crippen LogP contribution in [0.15, 0.2) is 43.1 Å². The monoisotopic (exact) mass is 294 g/mol. The van der Waals surface area contributed by atoms with Gasteiger partial charge in [-0.15, -0.1) is 0 Å². The van der Waals surface area contributed by atoms with Crippen molar-refractivity contribution in [3.8, 4) is 5.82 Å². The lowest BCUT2D eigenvalue weighted by molar-refractivity contribution is 0.102. The molecule has 7 heteroatoms. The van der Waals surface area contributed by atoms with Gasteiger partial charge in [0.1, 0.15) is 12.1 Å². The maximum Gasteiger partial charge on any atom is 0.276 e. The maximum absolute atomic E-state index is 12.1. The number of carbonyl (C=O) groups is 1. The maximum atomic E-state index is 12.1. The van der Waals surface area contributed by atoms with Crippen LogP contribution in [0.2, 0.25) is 0 Å². The van der Waals surface area contributed by atoms with Crippen molar-refractivity contribution in [1.82, 2.24) is 24.7 Å². The molecule has 0 aromatic carbocycles. The number of carbonyl (C=O) groups excluding carboxylic acids is 1. The van der Waals surface area contributed by atoms with Crippen LogP contribution in [-0.2, 0) is 0 Å². The first-order valence-corrected chi connectivity index (χ1v) is 7.10. The highest BCUT2D eigenvalue weighted by Crippen LogP contribution is 2.39. The fourth-order valence-corrected chi connectivity index (χ4v) is 2.26. The molecule has 7 nitrogen and oxygen atoms in total. The summed E-state index contributed by atoms with van der Waals surface area (Å²) < 4.78 is 1.79. The lowest BCUT2D eigenvalue weighted by Crippen LogP contribution is -2.12. The first-order valence-electron chi connectivity index (χ1n) is 7.10. The van der Waals surface area contributed by atoms with Gasteiger partial charge >= 0.3 is 0 Å². The number of aromatic nitrogens is 5. The lowest BCUT2D eigenvalue weighted by Gasteiger charge is -2.04. The summed E-state index contributed by atoms with van der Waals surface area (Å²) in [6.45, 7) is 0. The average molecular weight is 294 g/mol. The molecule has 0 spiro atoms. The SMILES string of the molecule is O=C(Nc1ccc(-n2ccnc2)nc1)c1cc(C2CC2)[nH]n1. The normalized spacial score (nSPS) is 14.0. The molecule has 1 aliphatic rings. The van der Waals surface area contributed by atoms with Gasteiger partial charge in [-0.3, -0.25) is 14.5 Å². The highest BCUT2D eigenvalue weighted by atomic mass is 16.1. The minimum Gasteiger partial charge on any atom is -0.319 e. The first-order chi connectivity index (χ1) is 10.8. The Hall–Kier alpha value is -2.96. The summed E-state index contributed by atoms with van der Waals surface area (Å²) in [7, 11) is 0. The molecule has 3 heterocycles. The van der Waals surface area contributed by atoms with E-state index >= 15 is 0 Å². The van der Waals surface area contributed by atoms with Crippen LogP contribution in [0.1, 0.15) is 34.9 Å². The number of nitrogens with one attached hydrogen (secondary N) is 2. The van der Waals surface area contributed by atoms with Crippen LogP contribution in [0.3, 0.4) is 0 Å². The standard InChI is InChI=1S/C15H14N6O/c22-15(13-7-12(19-20-13)10-1-2-10)18-11-3-4-14(17-8-11)21-6-5-16-9-21/h3-10H,1-2H2,(H,18,22)(H,19,20). The number of anilines is 1. The Bertz CT molecular complexity index is 786. The van der Waals surface area contributed by atoms with Crippen molar-refractivity contribution in [1.29, 1.82) is 0 Å². The molecule has 0 radical (unpaired) electrons. The molecule has 1 saturated carbocycles. The van der Waals surface area contributed by atoms with E-state index in [1.54, 1.807) is 29.4 Å². The molecule has 3 aromatic heterocycles. The summed E-state index contributed by atoms with van der Waals surface area (Å²) in [6.07, 6.45) is 9.12. The highest BCUT2D eigenvalue weighted by molar-refractivity contribution is 6.02. The van der Waals surface area contributed by atoms with Crippen molar-refractivity contribution in [2.24, 2.45) is 0 Å². The average Bonchev–Trinajstić information content (AvgIpc) is 3.05. The summed E-state index contributed by atoms with van der Waals surface area (Å²) >= 11 is 0. The van der Waals surface area contributed by atoms with Gasteiger partial charge < -0.3 is 5.32 Å². The van der Waals surface area contributed by atoms with E-state index in [0.717, 1.165) is 11.5 Å². The zero-order chi connectivity index (χ0) is 14.9. The van der Waals surface area contributed by atoms with Crippen LogP contribution >= 0.6 is 0 Å². The molecule has 1 aliphatic carbocycles. The van der Waals surface area contributed by atoms with Crippen molar-refractivity contribution in [3.63, 3.8) is 0 Å². The number of rotatable bonds is 4. The van der Waals surface area contributed by atoms with Gasteiger partial charge in [0, 0.05) is 24.0 Å². The van der Waals surface area contributed by atoms with Gasteiger partial charge in [0.25, 0.3) is 5.91 Å². The lowest BCUT2D eigenvalue weighted by atomic mass is 10.2. The predicted molar refractivity (Wildman–Crippen MR) is 79.9 cm³/mol. The molecular formula is C15H14N6O. The van der Waals surface area contributed by atoms with E-state index in [0.29, 0.717) is 17.3 Å². The van der Waals surface area contributed by atoms with Crippen molar-refractivity contribution in [2.45, 2.75) is 18.8 Å². The van der Waals surface area contributed by atoms with E-state index < -0.39 is 0 Å². The molecular weight excluding hydrogens is 280 g/mol. The molecule has 0 saturated heterocycles. The van der Waals surface area contributed by atoms with Gasteiger partial charge in [0.2, 0.25) is 0 Å². The molecule has 110 valence electrons. The van der Waals surface area contributed by atoms with E-state index in [1.807, 2.05) is 18.3 Å². The second-order valence-electron chi connectivity index (χ2n) is 5.31. The Kier molecular flexibility index (Phi) is 2.96. The fourth-order valence-electron chi connectivity index (χ4n) is 2.26. The molecule has 2 N–H and O–H groups in total. The Morgan fingerprint density at radius 1 is 1.36 bits per heavy atom. The Morgan fingerprint density at radius 2 is 2.27 bits per heavy atom. The highest BCUT2D eigenvalue weighted by Gasteiger charge is 2.26. The largest absolute Gasteiger partial charge is 0.319 e. The smallest absolute Gasteiger partial charge is 0.276 e. The molecule has 4 rings (SSSR count). The van der Waals surface area contributed by atoms with Crippen LogP contribution in [0.4, 0.5) is 5.69 Å². The van der Waals surface area contributed by atoms with Gasteiger partial charge in [-0.25, -0.2) is 9.97 Å². The number of H-pyrrole nitrogens is 1. The van der Waals surface area contributed by atoms with Crippen molar-refractivity contribution in [2.75, 3.05) is 5.32 Å². The van der Waals surface area contributed by atoms with E-state index in [2.05, 4.69) is 25.5 Å². The predicted octanol–water partition coefficient (Wildman–Crippen LogP) is 2.12. The van der Waals surface area contributed by atoms with Crippen LogP contribution in [-0.4, -0.2) is 30.6 Å². The van der Waals surface area contributed by atoms with Gasteiger partial charge in [0.15, 0.2) is 5.69 Å².